The second-order valence-electron chi connectivity index (χ2n) is 5.22. The van der Waals surface area contributed by atoms with E-state index in [4.69, 9.17) is 4.42 Å². The molecule has 0 atom stereocenters. The highest BCUT2D eigenvalue weighted by Crippen LogP contribution is 2.37. The molecule has 0 fully saturated rings. The van der Waals surface area contributed by atoms with Gasteiger partial charge in [-0.3, -0.25) is 4.79 Å². The normalized spacial score (nSPS) is 12.9. The summed E-state index contributed by atoms with van der Waals surface area (Å²) >= 11 is 0. The van der Waals surface area contributed by atoms with Gasteiger partial charge in [0, 0.05) is 0 Å². The average molecular weight is 210 g/mol. The Hall–Kier alpha value is -0.833. The topological polar surface area (TPSA) is 30.2 Å². The number of carbonyl (C=O) groups is 1. The summed E-state index contributed by atoms with van der Waals surface area (Å²) in [4.78, 5) is 12.2. The Balaban J connectivity index is 3.01. The highest BCUT2D eigenvalue weighted by molar-refractivity contribution is 7.08. The van der Waals surface area contributed by atoms with Crippen molar-refractivity contribution in [1.82, 2.24) is 0 Å². The molecule has 0 amide bonds. The first-order valence-electron chi connectivity index (χ1n) is 4.84. The Kier molecular flexibility index (Phi) is 2.72. The second kappa shape index (κ2) is 3.39. The lowest BCUT2D eigenvalue weighted by Crippen LogP contribution is -2.46. The minimum Gasteiger partial charge on any atom is -0.472 e. The zero-order chi connectivity index (χ0) is 11.0. The summed E-state index contributed by atoms with van der Waals surface area (Å²) < 4.78 is 4.94. The van der Waals surface area contributed by atoms with Gasteiger partial charge >= 0.3 is 0 Å². The molecule has 14 heavy (non-hydrogen) atoms. The third kappa shape index (κ3) is 1.82. The van der Waals surface area contributed by atoms with Crippen molar-refractivity contribution in [2.75, 3.05) is 0 Å². The van der Waals surface area contributed by atoms with E-state index in [2.05, 4.69) is 33.9 Å². The molecule has 0 aromatic carbocycles. The number of carbonyl (C=O) groups excluding carboxylic acids is 1. The molecule has 1 aromatic rings. The SMILES string of the molecule is CC(C)(C)[Si](C)(C)C(=O)c1ccoc1. The van der Waals surface area contributed by atoms with Crippen LogP contribution < -0.4 is 0 Å². The summed E-state index contributed by atoms with van der Waals surface area (Å²) in [6.45, 7) is 10.6. The van der Waals surface area contributed by atoms with E-state index in [1.807, 2.05) is 0 Å². The largest absolute Gasteiger partial charge is 0.472 e. The summed E-state index contributed by atoms with van der Waals surface area (Å²) in [6, 6.07) is 1.75. The van der Waals surface area contributed by atoms with Crippen molar-refractivity contribution in [2.45, 2.75) is 38.9 Å². The monoisotopic (exact) mass is 210 g/mol. The fraction of sp³-hybridized carbons (Fsp3) is 0.545. The van der Waals surface area contributed by atoms with Crippen LogP contribution in [-0.4, -0.2) is 13.5 Å². The summed E-state index contributed by atoms with van der Waals surface area (Å²) in [5.74, 6) is 0. The number of hydrogen-bond acceptors (Lipinski definition) is 2. The van der Waals surface area contributed by atoms with E-state index in [0.29, 0.717) is 0 Å². The summed E-state index contributed by atoms with van der Waals surface area (Å²) in [6.07, 6.45) is 3.10. The van der Waals surface area contributed by atoms with Crippen LogP contribution in [0.1, 0.15) is 31.1 Å². The first-order chi connectivity index (χ1) is 6.27. The van der Waals surface area contributed by atoms with Gasteiger partial charge in [-0.2, -0.15) is 0 Å². The van der Waals surface area contributed by atoms with E-state index in [9.17, 15) is 4.79 Å². The molecule has 0 spiro atoms. The Morgan fingerprint density at radius 2 is 1.93 bits per heavy atom. The zero-order valence-corrected chi connectivity index (χ0v) is 10.5. The van der Waals surface area contributed by atoms with Gasteiger partial charge in [0.2, 0.25) is 0 Å². The molecule has 1 aromatic heterocycles. The van der Waals surface area contributed by atoms with E-state index in [1.54, 1.807) is 18.6 Å². The van der Waals surface area contributed by atoms with Crippen molar-refractivity contribution in [3.05, 3.63) is 24.2 Å². The van der Waals surface area contributed by atoms with Crippen LogP contribution in [0.4, 0.5) is 0 Å². The zero-order valence-electron chi connectivity index (χ0n) is 9.55. The van der Waals surface area contributed by atoms with Crippen molar-refractivity contribution < 1.29 is 9.21 Å². The summed E-state index contributed by atoms with van der Waals surface area (Å²) in [5, 5.41) is 0.361. The van der Waals surface area contributed by atoms with Crippen molar-refractivity contribution in [3.8, 4) is 0 Å². The number of hydrogen-bond donors (Lipinski definition) is 0. The minimum atomic E-state index is -1.91. The minimum absolute atomic E-state index is 0.0847. The van der Waals surface area contributed by atoms with Crippen LogP contribution in [0.5, 0.6) is 0 Å². The average Bonchev–Trinajstić information content (AvgIpc) is 2.52. The number of furan rings is 1. The van der Waals surface area contributed by atoms with Crippen molar-refractivity contribution in [2.24, 2.45) is 0 Å². The Labute approximate surface area is 86.3 Å². The van der Waals surface area contributed by atoms with Crippen LogP contribution in [0.25, 0.3) is 0 Å². The Bertz CT molecular complexity index is 318. The fourth-order valence-corrected chi connectivity index (χ4v) is 2.64. The van der Waals surface area contributed by atoms with Gasteiger partial charge in [0.1, 0.15) is 19.7 Å². The predicted octanol–water partition coefficient (Wildman–Crippen LogP) is 3.51. The van der Waals surface area contributed by atoms with Gasteiger partial charge in [-0.25, -0.2) is 0 Å². The van der Waals surface area contributed by atoms with Crippen LogP contribution in [0.15, 0.2) is 23.0 Å². The summed E-state index contributed by atoms with van der Waals surface area (Å²) in [7, 11) is -1.91. The van der Waals surface area contributed by atoms with Gasteiger partial charge in [-0.1, -0.05) is 33.9 Å². The molecule has 2 nitrogen and oxygen atoms in total. The molecule has 1 rings (SSSR count). The Morgan fingerprint density at radius 3 is 2.29 bits per heavy atom. The third-order valence-corrected chi connectivity index (χ3v) is 8.40. The van der Waals surface area contributed by atoms with Crippen LogP contribution in [0.2, 0.25) is 18.1 Å². The summed E-state index contributed by atoms with van der Waals surface area (Å²) in [5.41, 5.74) is 0.719. The van der Waals surface area contributed by atoms with Gasteiger partial charge in [-0.05, 0) is 11.1 Å². The van der Waals surface area contributed by atoms with E-state index < -0.39 is 8.07 Å². The predicted molar refractivity (Wildman–Crippen MR) is 60.2 cm³/mol. The quantitative estimate of drug-likeness (QED) is 0.699. The van der Waals surface area contributed by atoms with Crippen LogP contribution in [-0.2, 0) is 0 Å². The Morgan fingerprint density at radius 1 is 1.36 bits per heavy atom. The van der Waals surface area contributed by atoms with Gasteiger partial charge in [0.05, 0.1) is 11.8 Å². The van der Waals surface area contributed by atoms with Crippen LogP contribution >= 0.6 is 0 Å². The van der Waals surface area contributed by atoms with Gasteiger partial charge in [0.25, 0.3) is 0 Å². The molecular weight excluding hydrogens is 192 g/mol. The molecule has 0 N–H and O–H groups in total. The maximum absolute atomic E-state index is 12.2. The molecule has 1 heterocycles. The molecule has 0 bridgehead atoms. The van der Waals surface area contributed by atoms with E-state index in [0.717, 1.165) is 5.56 Å². The second-order valence-corrected chi connectivity index (χ2v) is 10.4. The third-order valence-electron chi connectivity index (χ3n) is 3.23. The molecule has 0 aliphatic heterocycles. The molecule has 0 aliphatic carbocycles. The highest BCUT2D eigenvalue weighted by Gasteiger charge is 2.42. The first-order valence-corrected chi connectivity index (χ1v) is 7.84. The molecule has 78 valence electrons. The van der Waals surface area contributed by atoms with Crippen molar-refractivity contribution in [1.29, 1.82) is 0 Å². The van der Waals surface area contributed by atoms with Crippen LogP contribution in [0, 0.1) is 0 Å². The first kappa shape index (κ1) is 11.2. The molecule has 0 aliphatic rings. The fourth-order valence-electron chi connectivity index (χ4n) is 1.10. The van der Waals surface area contributed by atoms with Crippen molar-refractivity contribution >= 4 is 13.5 Å². The smallest absolute Gasteiger partial charge is 0.143 e. The molecule has 0 radical (unpaired) electrons. The lowest BCUT2D eigenvalue weighted by Gasteiger charge is -2.34. The van der Waals surface area contributed by atoms with Gasteiger partial charge < -0.3 is 4.42 Å². The standard InChI is InChI=1S/C11H18O2Si/c1-11(2,3)14(4,5)10(12)9-6-7-13-8-9/h6-8H,1-5H3. The molecule has 0 saturated heterocycles. The molecular formula is C11H18O2Si. The maximum atomic E-state index is 12.2. The lowest BCUT2D eigenvalue weighted by molar-refractivity contribution is 0.106. The van der Waals surface area contributed by atoms with Gasteiger partial charge in [0.15, 0.2) is 0 Å². The van der Waals surface area contributed by atoms with Crippen molar-refractivity contribution in [3.63, 3.8) is 0 Å². The maximum Gasteiger partial charge on any atom is 0.143 e. The van der Waals surface area contributed by atoms with E-state index >= 15 is 0 Å². The molecule has 3 heteroatoms. The van der Waals surface area contributed by atoms with Crippen LogP contribution in [0.3, 0.4) is 0 Å². The highest BCUT2D eigenvalue weighted by atomic mass is 28.3. The lowest BCUT2D eigenvalue weighted by atomic mass is 10.2. The van der Waals surface area contributed by atoms with E-state index in [-0.39, 0.29) is 10.4 Å². The number of rotatable bonds is 2. The molecule has 0 saturated carbocycles. The van der Waals surface area contributed by atoms with E-state index in [1.165, 1.54) is 0 Å². The molecule has 0 unspecified atom stereocenters. The van der Waals surface area contributed by atoms with Gasteiger partial charge in [-0.15, -0.1) is 0 Å².